The van der Waals surface area contributed by atoms with Crippen LogP contribution in [-0.4, -0.2) is 30.4 Å². The van der Waals surface area contributed by atoms with Crippen molar-refractivity contribution in [2.75, 3.05) is 13.2 Å². The van der Waals surface area contributed by atoms with Crippen molar-refractivity contribution in [3.63, 3.8) is 0 Å². The van der Waals surface area contributed by atoms with Gasteiger partial charge in [-0.25, -0.2) is 4.99 Å². The molecule has 2 rings (SSSR count). The summed E-state index contributed by atoms with van der Waals surface area (Å²) in [4.78, 5) is 4.45. The number of aliphatic imine (C=N–C) groups is 1. The molecule has 1 aromatic carbocycles. The maximum atomic E-state index is 12.2. The van der Waals surface area contributed by atoms with Crippen molar-refractivity contribution in [2.45, 2.75) is 39.5 Å². The average Bonchev–Trinajstić information content (AvgIpc) is 3.10. The molecule has 2 aromatic rings. The van der Waals surface area contributed by atoms with Gasteiger partial charge in [0.1, 0.15) is 5.75 Å². The van der Waals surface area contributed by atoms with E-state index in [0.29, 0.717) is 31.4 Å². The Labute approximate surface area is 155 Å². The van der Waals surface area contributed by atoms with Crippen LogP contribution >= 0.6 is 0 Å². The van der Waals surface area contributed by atoms with Gasteiger partial charge < -0.3 is 19.9 Å². The number of benzene rings is 1. The third kappa shape index (κ3) is 7.59. The number of nitrogens with zero attached hydrogens (tertiary/aromatic N) is 2. The minimum absolute atomic E-state index is 0.169. The second-order valence-corrected chi connectivity index (χ2v) is 5.73. The molecule has 9 heteroatoms. The fourth-order valence-electron chi connectivity index (χ4n) is 2.14. The Morgan fingerprint density at radius 1 is 1.19 bits per heavy atom. The number of hydrogen-bond acceptors (Lipinski definition) is 4. The van der Waals surface area contributed by atoms with Crippen molar-refractivity contribution < 1.29 is 22.4 Å². The summed E-state index contributed by atoms with van der Waals surface area (Å²) in [5.41, 5.74) is 1.74. The third-order valence-corrected chi connectivity index (χ3v) is 3.49. The molecule has 0 amide bonds. The van der Waals surface area contributed by atoms with Gasteiger partial charge in [-0.1, -0.05) is 24.2 Å². The van der Waals surface area contributed by atoms with Gasteiger partial charge in [-0.15, -0.1) is 0 Å². The SMILES string of the molecule is CCNC(=NCc1ccc(OCC(F)(F)F)cc1)NCc1cc(CC)no1. The van der Waals surface area contributed by atoms with Crippen molar-refractivity contribution in [2.24, 2.45) is 4.99 Å². The topological polar surface area (TPSA) is 71.7 Å². The summed E-state index contributed by atoms with van der Waals surface area (Å²) < 4.78 is 46.4. The first-order valence-electron chi connectivity index (χ1n) is 8.64. The van der Waals surface area contributed by atoms with Crippen molar-refractivity contribution in [3.05, 3.63) is 47.3 Å². The van der Waals surface area contributed by atoms with E-state index in [2.05, 4.69) is 25.5 Å². The van der Waals surface area contributed by atoms with Crippen LogP contribution in [0, 0.1) is 0 Å². The Balaban J connectivity index is 1.89. The normalized spacial score (nSPS) is 12.1. The van der Waals surface area contributed by atoms with Crippen LogP contribution in [0.2, 0.25) is 0 Å². The Hall–Kier alpha value is -2.71. The first-order chi connectivity index (χ1) is 12.9. The number of guanidine groups is 1. The first-order valence-corrected chi connectivity index (χ1v) is 8.64. The van der Waals surface area contributed by atoms with Crippen LogP contribution in [0.1, 0.15) is 30.9 Å². The van der Waals surface area contributed by atoms with E-state index in [1.807, 2.05) is 19.9 Å². The number of ether oxygens (including phenoxy) is 1. The standard InChI is InChI=1S/C18H23F3N4O2/c1-3-14-9-16(27-25-14)11-24-17(22-4-2)23-10-13-5-7-15(8-6-13)26-12-18(19,20)21/h5-9H,3-4,10-12H2,1-2H3,(H2,22,23,24). The summed E-state index contributed by atoms with van der Waals surface area (Å²) in [6.07, 6.45) is -3.54. The molecule has 148 valence electrons. The molecule has 27 heavy (non-hydrogen) atoms. The number of alkyl halides is 3. The van der Waals surface area contributed by atoms with Crippen LogP contribution in [0.25, 0.3) is 0 Å². The van der Waals surface area contributed by atoms with Gasteiger partial charge in [-0.3, -0.25) is 0 Å². The molecule has 0 aliphatic rings. The van der Waals surface area contributed by atoms with Crippen molar-refractivity contribution >= 4 is 5.96 Å². The molecule has 0 aliphatic carbocycles. The third-order valence-electron chi connectivity index (χ3n) is 3.49. The average molecular weight is 384 g/mol. The number of rotatable bonds is 8. The van der Waals surface area contributed by atoms with Gasteiger partial charge >= 0.3 is 6.18 Å². The van der Waals surface area contributed by atoms with E-state index in [9.17, 15) is 13.2 Å². The Morgan fingerprint density at radius 2 is 1.93 bits per heavy atom. The number of nitrogens with one attached hydrogen (secondary N) is 2. The molecular weight excluding hydrogens is 361 g/mol. The van der Waals surface area contributed by atoms with E-state index in [4.69, 9.17) is 4.52 Å². The zero-order valence-electron chi connectivity index (χ0n) is 15.3. The van der Waals surface area contributed by atoms with Gasteiger partial charge in [-0.05, 0) is 31.0 Å². The lowest BCUT2D eigenvalue weighted by Crippen LogP contribution is -2.36. The van der Waals surface area contributed by atoms with Gasteiger partial charge in [0.2, 0.25) is 0 Å². The minimum Gasteiger partial charge on any atom is -0.484 e. The smallest absolute Gasteiger partial charge is 0.422 e. The van der Waals surface area contributed by atoms with Gasteiger partial charge in [0.25, 0.3) is 0 Å². The quantitative estimate of drug-likeness (QED) is 0.539. The van der Waals surface area contributed by atoms with Crippen LogP contribution in [0.3, 0.4) is 0 Å². The fourth-order valence-corrected chi connectivity index (χ4v) is 2.14. The highest BCUT2D eigenvalue weighted by Crippen LogP contribution is 2.19. The molecule has 0 saturated carbocycles. The number of aromatic nitrogens is 1. The molecule has 2 N–H and O–H groups in total. The molecule has 0 spiro atoms. The lowest BCUT2D eigenvalue weighted by atomic mass is 10.2. The molecule has 0 atom stereocenters. The summed E-state index contributed by atoms with van der Waals surface area (Å²) in [5.74, 6) is 1.48. The Bertz CT molecular complexity index is 727. The summed E-state index contributed by atoms with van der Waals surface area (Å²) in [5, 5.41) is 10.2. The number of aryl methyl sites for hydroxylation is 1. The number of halogens is 3. The highest BCUT2D eigenvalue weighted by molar-refractivity contribution is 5.79. The molecule has 6 nitrogen and oxygen atoms in total. The minimum atomic E-state index is -4.35. The van der Waals surface area contributed by atoms with Gasteiger partial charge in [-0.2, -0.15) is 13.2 Å². The Morgan fingerprint density at radius 3 is 2.52 bits per heavy atom. The van der Waals surface area contributed by atoms with Crippen molar-refractivity contribution in [3.8, 4) is 5.75 Å². The van der Waals surface area contributed by atoms with E-state index in [1.165, 1.54) is 12.1 Å². The second-order valence-electron chi connectivity index (χ2n) is 5.73. The Kier molecular flexibility index (Phi) is 7.51. The molecule has 0 fully saturated rings. The molecular formula is C18H23F3N4O2. The summed E-state index contributed by atoms with van der Waals surface area (Å²) in [6, 6.07) is 8.25. The molecule has 1 aromatic heterocycles. The van der Waals surface area contributed by atoms with E-state index in [1.54, 1.807) is 12.1 Å². The van der Waals surface area contributed by atoms with Gasteiger partial charge in [0, 0.05) is 12.6 Å². The zero-order chi connectivity index (χ0) is 19.7. The largest absolute Gasteiger partial charge is 0.484 e. The first kappa shape index (κ1) is 20.6. The molecule has 0 bridgehead atoms. The maximum absolute atomic E-state index is 12.2. The molecule has 0 aliphatic heterocycles. The summed E-state index contributed by atoms with van der Waals surface area (Å²) in [6.45, 7) is 4.15. The second kappa shape index (κ2) is 9.84. The number of hydrogen-bond donors (Lipinski definition) is 2. The summed E-state index contributed by atoms with van der Waals surface area (Å²) >= 11 is 0. The highest BCUT2D eigenvalue weighted by Gasteiger charge is 2.28. The molecule has 1 heterocycles. The monoisotopic (exact) mass is 384 g/mol. The van der Waals surface area contributed by atoms with Crippen molar-refractivity contribution in [1.29, 1.82) is 0 Å². The lowest BCUT2D eigenvalue weighted by Gasteiger charge is -2.11. The fraction of sp³-hybridized carbons (Fsp3) is 0.444. The van der Waals surface area contributed by atoms with E-state index >= 15 is 0 Å². The van der Waals surface area contributed by atoms with Crippen LogP contribution < -0.4 is 15.4 Å². The predicted molar refractivity (Wildman–Crippen MR) is 95.5 cm³/mol. The van der Waals surface area contributed by atoms with E-state index in [-0.39, 0.29) is 5.75 Å². The van der Waals surface area contributed by atoms with Gasteiger partial charge in [0.05, 0.1) is 18.8 Å². The molecule has 0 unspecified atom stereocenters. The molecule has 0 saturated heterocycles. The highest BCUT2D eigenvalue weighted by atomic mass is 19.4. The molecule has 0 radical (unpaired) electrons. The zero-order valence-corrected chi connectivity index (χ0v) is 15.3. The van der Waals surface area contributed by atoms with E-state index < -0.39 is 12.8 Å². The van der Waals surface area contributed by atoms with Crippen LogP contribution in [0.15, 0.2) is 39.8 Å². The predicted octanol–water partition coefficient (Wildman–Crippen LogP) is 3.43. The van der Waals surface area contributed by atoms with Crippen LogP contribution in [0.5, 0.6) is 5.75 Å². The van der Waals surface area contributed by atoms with Crippen LogP contribution in [-0.2, 0) is 19.5 Å². The lowest BCUT2D eigenvalue weighted by molar-refractivity contribution is -0.153. The van der Waals surface area contributed by atoms with Gasteiger partial charge in [0.15, 0.2) is 18.3 Å². The van der Waals surface area contributed by atoms with Crippen LogP contribution in [0.4, 0.5) is 13.2 Å². The van der Waals surface area contributed by atoms with Crippen molar-refractivity contribution in [1.82, 2.24) is 15.8 Å². The summed E-state index contributed by atoms with van der Waals surface area (Å²) in [7, 11) is 0. The maximum Gasteiger partial charge on any atom is 0.422 e. The van der Waals surface area contributed by atoms with E-state index in [0.717, 1.165) is 17.7 Å².